The van der Waals surface area contributed by atoms with Crippen LogP contribution in [-0.4, -0.2) is 21.3 Å². The fourth-order valence-electron chi connectivity index (χ4n) is 2.23. The number of halogens is 5. The van der Waals surface area contributed by atoms with E-state index in [1.54, 1.807) is 0 Å². The molecular weight excluding hydrogens is 340 g/mol. The number of alkyl halides is 3. The van der Waals surface area contributed by atoms with Gasteiger partial charge in [0.1, 0.15) is 6.33 Å². The maximum atomic E-state index is 13.6. The highest BCUT2D eigenvalue weighted by Crippen LogP contribution is 2.49. The summed E-state index contributed by atoms with van der Waals surface area (Å²) in [6.45, 7) is 1.23. The van der Waals surface area contributed by atoms with Gasteiger partial charge in [0.15, 0.2) is 5.60 Å². The predicted molar refractivity (Wildman–Crippen MR) is 76.9 cm³/mol. The Morgan fingerprint density at radius 3 is 2.23 bits per heavy atom. The van der Waals surface area contributed by atoms with Crippen molar-refractivity contribution in [3.05, 3.63) is 58.1 Å². The number of nitrogens with zero attached hydrogens (tertiary/aromatic N) is 2. The fraction of sp³-hybridized carbons (Fsp3) is 0.286. The first-order chi connectivity index (χ1) is 10.2. The molecule has 0 fully saturated rings. The van der Waals surface area contributed by atoms with Crippen LogP contribution in [0.3, 0.4) is 0 Å². The standard InChI is InChI=1S/C14H11Cl2F3N2O/c1-8(11-3-2-10(15)4-12(11)16)13(22,14(17,18)19)9-5-20-7-21-6-9/h2-8,22H,1H3/t8-,13+/m0/s1. The predicted octanol–water partition coefficient (Wildman–Crippen LogP) is 4.34. The van der Waals surface area contributed by atoms with E-state index >= 15 is 0 Å². The summed E-state index contributed by atoms with van der Waals surface area (Å²) in [5.41, 5.74) is -3.51. The molecule has 2 rings (SSSR count). The summed E-state index contributed by atoms with van der Waals surface area (Å²) in [5, 5.41) is 10.8. The van der Waals surface area contributed by atoms with Crippen molar-refractivity contribution < 1.29 is 18.3 Å². The zero-order valence-corrected chi connectivity index (χ0v) is 12.8. The van der Waals surface area contributed by atoms with Gasteiger partial charge in [-0.25, -0.2) is 9.97 Å². The zero-order valence-electron chi connectivity index (χ0n) is 11.3. The van der Waals surface area contributed by atoms with Crippen LogP contribution in [0.2, 0.25) is 10.0 Å². The van der Waals surface area contributed by atoms with Crippen molar-refractivity contribution in [3.63, 3.8) is 0 Å². The molecule has 2 atom stereocenters. The summed E-state index contributed by atoms with van der Waals surface area (Å²) >= 11 is 11.7. The second-order valence-electron chi connectivity index (χ2n) is 4.78. The van der Waals surface area contributed by atoms with Crippen LogP contribution in [-0.2, 0) is 5.60 Å². The molecule has 0 aliphatic rings. The Bertz CT molecular complexity index is 667. The average molecular weight is 351 g/mol. The van der Waals surface area contributed by atoms with Crippen LogP contribution in [0.25, 0.3) is 0 Å². The van der Waals surface area contributed by atoms with Gasteiger partial charge in [-0.05, 0) is 17.7 Å². The largest absolute Gasteiger partial charge is 0.422 e. The highest BCUT2D eigenvalue weighted by atomic mass is 35.5. The highest BCUT2D eigenvalue weighted by Gasteiger charge is 2.59. The molecule has 118 valence electrons. The van der Waals surface area contributed by atoms with E-state index in [0.717, 1.165) is 18.7 Å². The molecule has 0 bridgehead atoms. The van der Waals surface area contributed by atoms with E-state index in [0.29, 0.717) is 5.02 Å². The minimum Gasteiger partial charge on any atom is -0.376 e. The van der Waals surface area contributed by atoms with Crippen LogP contribution in [0.5, 0.6) is 0 Å². The molecule has 3 nitrogen and oxygen atoms in total. The van der Waals surface area contributed by atoms with E-state index in [2.05, 4.69) is 9.97 Å². The third-order valence-electron chi connectivity index (χ3n) is 3.49. The topological polar surface area (TPSA) is 46.0 Å². The second kappa shape index (κ2) is 6.02. The maximum Gasteiger partial charge on any atom is 0.422 e. The number of aromatic nitrogens is 2. The molecule has 0 saturated carbocycles. The summed E-state index contributed by atoms with van der Waals surface area (Å²) < 4.78 is 40.7. The van der Waals surface area contributed by atoms with Crippen LogP contribution >= 0.6 is 23.2 Å². The molecule has 8 heteroatoms. The third-order valence-corrected chi connectivity index (χ3v) is 4.05. The van der Waals surface area contributed by atoms with Crippen LogP contribution in [0.15, 0.2) is 36.9 Å². The van der Waals surface area contributed by atoms with Crippen LogP contribution in [0.4, 0.5) is 13.2 Å². The van der Waals surface area contributed by atoms with Gasteiger partial charge in [-0.1, -0.05) is 36.2 Å². The molecule has 1 aromatic carbocycles. The van der Waals surface area contributed by atoms with Gasteiger partial charge in [0, 0.05) is 33.9 Å². The van der Waals surface area contributed by atoms with E-state index < -0.39 is 23.3 Å². The first-order valence-electron chi connectivity index (χ1n) is 6.17. The molecule has 0 aliphatic carbocycles. The van der Waals surface area contributed by atoms with Gasteiger partial charge in [-0.2, -0.15) is 13.2 Å². The van der Waals surface area contributed by atoms with Gasteiger partial charge in [0.05, 0.1) is 0 Å². The Morgan fingerprint density at radius 2 is 1.73 bits per heavy atom. The lowest BCUT2D eigenvalue weighted by Gasteiger charge is -2.36. The molecule has 0 amide bonds. The number of benzene rings is 1. The number of rotatable bonds is 3. The normalized spacial score (nSPS) is 16.1. The van der Waals surface area contributed by atoms with E-state index in [1.807, 2.05) is 0 Å². The average Bonchev–Trinajstić information content (AvgIpc) is 2.45. The van der Waals surface area contributed by atoms with Crippen molar-refractivity contribution in [2.24, 2.45) is 0 Å². The van der Waals surface area contributed by atoms with Gasteiger partial charge in [0.25, 0.3) is 0 Å². The molecule has 2 aromatic rings. The Labute approximate surface area is 134 Å². The number of hydrogen-bond acceptors (Lipinski definition) is 3. The lowest BCUT2D eigenvalue weighted by atomic mass is 9.79. The summed E-state index contributed by atoms with van der Waals surface area (Å²) in [5.74, 6) is -1.39. The smallest absolute Gasteiger partial charge is 0.376 e. The summed E-state index contributed by atoms with van der Waals surface area (Å²) in [6, 6.07) is 4.10. The first kappa shape index (κ1) is 17.0. The Hall–Kier alpha value is -1.37. The molecule has 1 heterocycles. The summed E-state index contributed by atoms with van der Waals surface area (Å²) in [4.78, 5) is 7.10. The van der Waals surface area contributed by atoms with E-state index in [9.17, 15) is 18.3 Å². The number of hydrogen-bond donors (Lipinski definition) is 1. The monoisotopic (exact) mass is 350 g/mol. The SMILES string of the molecule is C[C@@H](c1ccc(Cl)cc1Cl)[C@@](O)(c1cncnc1)C(F)(F)F. The molecule has 22 heavy (non-hydrogen) atoms. The molecule has 0 spiro atoms. The van der Waals surface area contributed by atoms with Gasteiger partial charge in [0.2, 0.25) is 0 Å². The molecule has 1 aromatic heterocycles. The van der Waals surface area contributed by atoms with Crippen LogP contribution < -0.4 is 0 Å². The third kappa shape index (κ3) is 2.91. The van der Waals surface area contributed by atoms with Crippen LogP contribution in [0.1, 0.15) is 24.0 Å². The van der Waals surface area contributed by atoms with Crippen molar-refractivity contribution >= 4 is 23.2 Å². The molecule has 1 N–H and O–H groups in total. The van der Waals surface area contributed by atoms with Crippen LogP contribution in [0, 0.1) is 0 Å². The first-order valence-corrected chi connectivity index (χ1v) is 6.93. The second-order valence-corrected chi connectivity index (χ2v) is 5.62. The van der Waals surface area contributed by atoms with E-state index in [4.69, 9.17) is 23.2 Å². The lowest BCUT2D eigenvalue weighted by Crippen LogP contribution is -2.46. The molecule has 0 radical (unpaired) electrons. The van der Waals surface area contributed by atoms with Gasteiger partial charge >= 0.3 is 6.18 Å². The summed E-state index contributed by atoms with van der Waals surface area (Å²) in [7, 11) is 0. The number of aliphatic hydroxyl groups is 1. The highest BCUT2D eigenvalue weighted by molar-refractivity contribution is 6.35. The lowest BCUT2D eigenvalue weighted by molar-refractivity contribution is -0.274. The Balaban J connectivity index is 2.60. The Kier molecular flexibility index (Phi) is 4.65. The molecular formula is C14H11Cl2F3N2O. The summed E-state index contributed by atoms with van der Waals surface area (Å²) in [6.07, 6.45) is -2.00. The van der Waals surface area contributed by atoms with Crippen molar-refractivity contribution in [3.8, 4) is 0 Å². The van der Waals surface area contributed by atoms with E-state index in [-0.39, 0.29) is 10.6 Å². The van der Waals surface area contributed by atoms with Crippen molar-refractivity contribution in [2.45, 2.75) is 24.6 Å². The quantitative estimate of drug-likeness (QED) is 0.895. The molecule has 0 unspecified atom stereocenters. The van der Waals surface area contributed by atoms with Gasteiger partial charge < -0.3 is 5.11 Å². The maximum absolute atomic E-state index is 13.6. The molecule has 0 saturated heterocycles. The minimum atomic E-state index is -4.94. The van der Waals surface area contributed by atoms with E-state index in [1.165, 1.54) is 25.1 Å². The van der Waals surface area contributed by atoms with Crippen molar-refractivity contribution in [2.75, 3.05) is 0 Å². The van der Waals surface area contributed by atoms with Crippen molar-refractivity contribution in [1.82, 2.24) is 9.97 Å². The van der Waals surface area contributed by atoms with Gasteiger partial charge in [-0.15, -0.1) is 0 Å². The molecule has 0 aliphatic heterocycles. The van der Waals surface area contributed by atoms with Crippen molar-refractivity contribution in [1.29, 1.82) is 0 Å². The Morgan fingerprint density at radius 1 is 1.14 bits per heavy atom. The zero-order chi connectivity index (χ0) is 16.5. The van der Waals surface area contributed by atoms with Gasteiger partial charge in [-0.3, -0.25) is 0 Å². The fourth-order valence-corrected chi connectivity index (χ4v) is 2.80. The minimum absolute atomic E-state index is 0.0412.